The number of carbonyl (C=O) groups is 3. The van der Waals surface area contributed by atoms with Gasteiger partial charge in [-0.2, -0.15) is 13.2 Å². The zero-order chi connectivity index (χ0) is 30.5. The summed E-state index contributed by atoms with van der Waals surface area (Å²) >= 11 is 0. The van der Waals surface area contributed by atoms with Crippen molar-refractivity contribution in [2.75, 3.05) is 11.9 Å². The monoisotopic (exact) mass is 611 g/mol. The summed E-state index contributed by atoms with van der Waals surface area (Å²) in [6, 6.07) is -1.64. The van der Waals surface area contributed by atoms with Gasteiger partial charge in [-0.25, -0.2) is 23.2 Å². The Morgan fingerprint density at radius 1 is 1.07 bits per heavy atom. The number of carbonyl (C=O) groups excluding carboxylic acids is 3. The van der Waals surface area contributed by atoms with Crippen LogP contribution >= 0.6 is 0 Å². The van der Waals surface area contributed by atoms with Crippen LogP contribution in [0.15, 0.2) is 23.0 Å². The van der Waals surface area contributed by atoms with Crippen LogP contribution in [0.25, 0.3) is 0 Å². The van der Waals surface area contributed by atoms with E-state index in [1.54, 1.807) is 6.07 Å². The summed E-state index contributed by atoms with van der Waals surface area (Å²) in [6.07, 6.45) is -1.07. The molecule has 3 aliphatic carbocycles. The van der Waals surface area contributed by atoms with Gasteiger partial charge in [-0.15, -0.1) is 0 Å². The predicted molar refractivity (Wildman–Crippen MR) is 138 cm³/mol. The number of halogens is 5. The summed E-state index contributed by atoms with van der Waals surface area (Å²) in [5.74, 6) is -4.87. The molecule has 16 heteroatoms. The van der Waals surface area contributed by atoms with Crippen molar-refractivity contribution >= 4 is 23.7 Å². The van der Waals surface area contributed by atoms with Crippen molar-refractivity contribution in [2.24, 2.45) is 11.8 Å². The van der Waals surface area contributed by atoms with Gasteiger partial charge in [-0.3, -0.25) is 9.59 Å². The second kappa shape index (κ2) is 11.0. The van der Waals surface area contributed by atoms with Crippen molar-refractivity contribution in [3.63, 3.8) is 0 Å². The molecule has 232 valence electrons. The van der Waals surface area contributed by atoms with E-state index in [0.717, 1.165) is 30.6 Å². The fourth-order valence-electron chi connectivity index (χ4n) is 5.98. The first kappa shape index (κ1) is 29.2. The largest absolute Gasteiger partial charge is 0.410 e. The Morgan fingerprint density at radius 2 is 1.79 bits per heavy atom. The predicted octanol–water partition coefficient (Wildman–Crippen LogP) is 4.31. The number of pyridine rings is 1. The molecule has 0 spiro atoms. The van der Waals surface area contributed by atoms with E-state index >= 15 is 0 Å². The van der Waals surface area contributed by atoms with Gasteiger partial charge in [0.15, 0.2) is 5.69 Å². The Hall–Kier alpha value is -3.85. The average molecular weight is 612 g/mol. The first-order valence-electron chi connectivity index (χ1n) is 14.3. The molecule has 0 bridgehead atoms. The molecule has 11 nitrogen and oxygen atoms in total. The molecule has 43 heavy (non-hydrogen) atoms. The maximum atomic E-state index is 13.9. The third-order valence-electron chi connectivity index (χ3n) is 8.61. The molecule has 3 N–H and O–H groups in total. The van der Waals surface area contributed by atoms with E-state index < -0.39 is 73.4 Å². The first-order chi connectivity index (χ1) is 20.4. The third-order valence-corrected chi connectivity index (χ3v) is 8.61. The molecular weight excluding hydrogens is 581 g/mol. The molecule has 3 atom stereocenters. The summed E-state index contributed by atoms with van der Waals surface area (Å²) in [5, 5.41) is 14.8. The van der Waals surface area contributed by atoms with E-state index in [1.807, 2.05) is 5.32 Å². The van der Waals surface area contributed by atoms with E-state index in [0.29, 0.717) is 11.3 Å². The number of hydrogen-bond acceptors (Lipinski definition) is 7. The van der Waals surface area contributed by atoms with Crippen molar-refractivity contribution in [1.82, 2.24) is 30.8 Å². The van der Waals surface area contributed by atoms with Crippen LogP contribution < -0.4 is 16.0 Å². The highest BCUT2D eigenvalue weighted by molar-refractivity contribution is 6.00. The summed E-state index contributed by atoms with van der Waals surface area (Å²) in [5.41, 5.74) is 0.812. The van der Waals surface area contributed by atoms with Gasteiger partial charge in [-0.1, -0.05) is 5.16 Å². The smallest absolute Gasteiger partial charge is 0.338 e. The van der Waals surface area contributed by atoms with E-state index in [-0.39, 0.29) is 36.2 Å². The number of nitrogens with one attached hydrogen (secondary N) is 3. The molecule has 6 rings (SSSR count). The molecule has 0 aromatic carbocycles. The van der Waals surface area contributed by atoms with Crippen molar-refractivity contribution in [3.8, 4) is 0 Å². The van der Waals surface area contributed by atoms with Gasteiger partial charge < -0.3 is 20.9 Å². The maximum Gasteiger partial charge on any atom is 0.410 e. The number of aromatic nitrogens is 3. The Morgan fingerprint density at radius 3 is 2.42 bits per heavy atom. The number of nitrogens with zero attached hydrogens (tertiary/aromatic N) is 4. The highest BCUT2D eigenvalue weighted by Crippen LogP contribution is 2.46. The Bertz CT molecular complexity index is 1380. The van der Waals surface area contributed by atoms with Crippen molar-refractivity contribution in [1.29, 1.82) is 0 Å². The second-order valence-corrected chi connectivity index (χ2v) is 11.9. The molecule has 4 amide bonds. The van der Waals surface area contributed by atoms with Gasteiger partial charge in [0.1, 0.15) is 23.6 Å². The van der Waals surface area contributed by atoms with E-state index in [4.69, 9.17) is 4.63 Å². The quantitative estimate of drug-likeness (QED) is 0.359. The first-order valence-corrected chi connectivity index (χ1v) is 14.3. The Kier molecular flexibility index (Phi) is 7.49. The SMILES string of the molecule is O=C(N[C@H](C(=O)Nc1cc([C@@H](C2CC2)N2C[C@@H](C(F)(F)F)NC2=O)ccn1)C1CCC(F)(F)CC1)c1nonc1C1CC1. The summed E-state index contributed by atoms with van der Waals surface area (Å²) in [7, 11) is 0. The minimum Gasteiger partial charge on any atom is -0.338 e. The van der Waals surface area contributed by atoms with E-state index in [1.165, 1.54) is 12.3 Å². The maximum absolute atomic E-state index is 13.9. The summed E-state index contributed by atoms with van der Waals surface area (Å²) in [6.45, 7) is -0.548. The number of alkyl halides is 5. The van der Waals surface area contributed by atoms with Crippen LogP contribution in [-0.2, 0) is 4.79 Å². The summed E-state index contributed by atoms with van der Waals surface area (Å²) in [4.78, 5) is 44.6. The highest BCUT2D eigenvalue weighted by atomic mass is 19.4. The lowest BCUT2D eigenvalue weighted by Crippen LogP contribution is -2.50. The van der Waals surface area contributed by atoms with Crippen LogP contribution in [0.1, 0.15) is 85.1 Å². The standard InChI is InChI=1S/C27H30F5N7O4/c28-26(29)8-5-14(6-9-26)20(36-24(41)21-19(13-1-2-13)37-43-38-21)23(40)35-18-11-16(7-10-33-18)22(15-3-4-15)39-12-17(27(30,31)32)34-25(39)42/h7,10-11,13-15,17,20,22H,1-6,8-9,12H2,(H,34,42)(H,36,41)(H,33,35,40)/t17-,20-,22+/m0/s1. The number of rotatable bonds is 9. The van der Waals surface area contributed by atoms with Crippen LogP contribution in [0.2, 0.25) is 0 Å². The molecule has 0 radical (unpaired) electrons. The topological polar surface area (TPSA) is 142 Å². The number of anilines is 1. The molecule has 1 saturated heterocycles. The van der Waals surface area contributed by atoms with Crippen LogP contribution in [0.3, 0.4) is 0 Å². The Balaban J connectivity index is 1.21. The van der Waals surface area contributed by atoms with Crippen molar-refractivity contribution in [3.05, 3.63) is 35.3 Å². The molecule has 1 aliphatic heterocycles. The Labute approximate surface area is 242 Å². The molecule has 2 aromatic rings. The normalized spacial score (nSPS) is 23.9. The molecule has 3 heterocycles. The number of amides is 4. The van der Waals surface area contributed by atoms with Gasteiger partial charge in [0.2, 0.25) is 11.8 Å². The van der Waals surface area contributed by atoms with Gasteiger partial charge in [-0.05, 0) is 73.2 Å². The molecule has 3 saturated carbocycles. The zero-order valence-electron chi connectivity index (χ0n) is 22.9. The minimum absolute atomic E-state index is 0.0143. The fourth-order valence-corrected chi connectivity index (χ4v) is 5.98. The molecular formula is C27H30F5N7O4. The molecule has 4 aliphatic rings. The molecule has 4 fully saturated rings. The number of hydrogen-bond donors (Lipinski definition) is 3. The second-order valence-electron chi connectivity index (χ2n) is 11.9. The van der Waals surface area contributed by atoms with E-state index in [9.17, 15) is 36.3 Å². The fraction of sp³-hybridized carbons (Fsp3) is 0.630. The highest BCUT2D eigenvalue weighted by Gasteiger charge is 2.51. The van der Waals surface area contributed by atoms with Crippen LogP contribution in [-0.4, -0.2) is 68.8 Å². The zero-order valence-corrected chi connectivity index (χ0v) is 22.9. The molecule has 2 aromatic heterocycles. The summed E-state index contributed by atoms with van der Waals surface area (Å²) < 4.78 is 72.6. The van der Waals surface area contributed by atoms with Gasteiger partial charge in [0.25, 0.3) is 5.91 Å². The van der Waals surface area contributed by atoms with Crippen molar-refractivity contribution < 1.29 is 41.0 Å². The van der Waals surface area contributed by atoms with Gasteiger partial charge in [0, 0.05) is 25.0 Å². The van der Waals surface area contributed by atoms with Crippen LogP contribution in [0.4, 0.5) is 32.6 Å². The van der Waals surface area contributed by atoms with Crippen LogP contribution in [0, 0.1) is 11.8 Å². The lowest BCUT2D eigenvalue weighted by atomic mass is 9.81. The third kappa shape index (κ3) is 6.42. The minimum atomic E-state index is -4.60. The van der Waals surface area contributed by atoms with Gasteiger partial charge in [0.05, 0.1) is 12.6 Å². The van der Waals surface area contributed by atoms with E-state index in [2.05, 4.69) is 25.9 Å². The lowest BCUT2D eigenvalue weighted by molar-refractivity contribution is -0.150. The number of urea groups is 1. The van der Waals surface area contributed by atoms with Gasteiger partial charge >= 0.3 is 12.2 Å². The van der Waals surface area contributed by atoms with Crippen LogP contribution in [0.5, 0.6) is 0 Å². The molecule has 0 unspecified atom stereocenters. The average Bonchev–Trinajstić information content (AvgIpc) is 3.88. The van der Waals surface area contributed by atoms with Crippen molar-refractivity contribution in [2.45, 2.75) is 87.5 Å². The lowest BCUT2D eigenvalue weighted by Gasteiger charge is -2.33.